The second kappa shape index (κ2) is 7.03. The molecule has 1 aromatic carbocycles. The quantitative estimate of drug-likeness (QED) is 0.887. The van der Waals surface area contributed by atoms with Gasteiger partial charge in [-0.25, -0.2) is 4.79 Å². The van der Waals surface area contributed by atoms with Crippen molar-refractivity contribution >= 4 is 22.6 Å². The van der Waals surface area contributed by atoms with Gasteiger partial charge in [0, 0.05) is 40.5 Å². The minimum absolute atomic E-state index is 0.104. The van der Waals surface area contributed by atoms with Crippen molar-refractivity contribution in [2.24, 2.45) is 0 Å². The van der Waals surface area contributed by atoms with Gasteiger partial charge in [-0.3, -0.25) is 9.53 Å². The van der Waals surface area contributed by atoms with Crippen LogP contribution in [0.15, 0.2) is 40.9 Å². The van der Waals surface area contributed by atoms with Crippen LogP contribution >= 0.6 is 0 Å². The van der Waals surface area contributed by atoms with Gasteiger partial charge in [0.1, 0.15) is 0 Å². The number of amides is 2. The van der Waals surface area contributed by atoms with Gasteiger partial charge in [-0.1, -0.05) is 35.5 Å². The molecular weight excluding hydrogens is 290 g/mol. The predicted octanol–water partition coefficient (Wildman–Crippen LogP) is 2.23. The smallest absolute Gasteiger partial charge is 0.320 e. The van der Waals surface area contributed by atoms with E-state index in [1.807, 2.05) is 30.3 Å². The summed E-state index contributed by atoms with van der Waals surface area (Å²) in [7, 11) is -0.971. The van der Waals surface area contributed by atoms with Gasteiger partial charge < -0.3 is 9.84 Å². The van der Waals surface area contributed by atoms with Gasteiger partial charge in [0.2, 0.25) is 0 Å². The second-order valence-electron chi connectivity index (χ2n) is 4.59. The van der Waals surface area contributed by atoms with E-state index in [0.29, 0.717) is 18.1 Å². The highest BCUT2D eigenvalue weighted by molar-refractivity contribution is 7.84. The second-order valence-corrected chi connectivity index (χ2v) is 6.39. The molecule has 0 aliphatic heterocycles. The molecule has 0 fully saturated rings. The Kier molecular flexibility index (Phi) is 5.10. The number of aromatic nitrogens is 1. The fourth-order valence-electron chi connectivity index (χ4n) is 1.59. The lowest BCUT2D eigenvalue weighted by Crippen LogP contribution is -2.35. The number of carbonyl (C=O) groups excluding carboxylic acids is 1. The van der Waals surface area contributed by atoms with Gasteiger partial charge in [0.05, 0.1) is 0 Å². The molecule has 0 spiro atoms. The van der Waals surface area contributed by atoms with Crippen LogP contribution in [0.4, 0.5) is 10.6 Å². The van der Waals surface area contributed by atoms with Gasteiger partial charge in [-0.05, 0) is 6.92 Å². The number of urea groups is 1. The Bertz CT molecular complexity index is 627. The van der Waals surface area contributed by atoms with Crippen LogP contribution in [-0.2, 0) is 10.8 Å². The molecule has 1 aromatic heterocycles. The van der Waals surface area contributed by atoms with Crippen LogP contribution in [0.25, 0.3) is 11.3 Å². The Morgan fingerprint density at radius 3 is 2.76 bits per heavy atom. The van der Waals surface area contributed by atoms with Crippen molar-refractivity contribution in [3.05, 3.63) is 36.4 Å². The molecule has 0 unspecified atom stereocenters. The molecule has 6 nitrogen and oxygen atoms in total. The Balaban J connectivity index is 1.91. The summed E-state index contributed by atoms with van der Waals surface area (Å²) in [6.07, 6.45) is 1.61. The summed E-state index contributed by atoms with van der Waals surface area (Å²) >= 11 is 0. The van der Waals surface area contributed by atoms with Gasteiger partial charge in [-0.15, -0.1) is 0 Å². The molecule has 1 heterocycles. The van der Waals surface area contributed by atoms with E-state index in [-0.39, 0.29) is 5.25 Å². The number of anilines is 1. The fourth-order valence-corrected chi connectivity index (χ4v) is 1.90. The van der Waals surface area contributed by atoms with Crippen molar-refractivity contribution in [3.63, 3.8) is 0 Å². The molecule has 2 N–H and O–H groups in total. The van der Waals surface area contributed by atoms with Gasteiger partial charge >= 0.3 is 6.03 Å². The summed E-state index contributed by atoms with van der Waals surface area (Å²) in [6.45, 7) is 2.14. The van der Waals surface area contributed by atoms with Crippen LogP contribution in [0.5, 0.6) is 0 Å². The van der Waals surface area contributed by atoms with E-state index >= 15 is 0 Å². The van der Waals surface area contributed by atoms with Crippen molar-refractivity contribution in [2.45, 2.75) is 12.2 Å². The first-order valence-electron chi connectivity index (χ1n) is 6.45. The van der Waals surface area contributed by atoms with E-state index in [0.717, 1.165) is 5.56 Å². The molecule has 7 heteroatoms. The van der Waals surface area contributed by atoms with Gasteiger partial charge in [0.15, 0.2) is 11.6 Å². The molecule has 2 rings (SSSR count). The normalized spacial score (nSPS) is 13.4. The number of nitrogens with zero attached hydrogens (tertiary/aromatic N) is 1. The van der Waals surface area contributed by atoms with Crippen molar-refractivity contribution in [1.29, 1.82) is 0 Å². The Hall–Kier alpha value is -2.15. The number of benzene rings is 1. The number of nitrogens with one attached hydrogen (secondary N) is 2. The van der Waals surface area contributed by atoms with Crippen LogP contribution < -0.4 is 10.6 Å². The first-order chi connectivity index (χ1) is 10.1. The van der Waals surface area contributed by atoms with Crippen molar-refractivity contribution in [3.8, 4) is 11.3 Å². The van der Waals surface area contributed by atoms with Crippen LogP contribution in [0, 0.1) is 0 Å². The minimum atomic E-state index is -0.971. The average Bonchev–Trinajstić information content (AvgIpc) is 2.94. The summed E-state index contributed by atoms with van der Waals surface area (Å²) in [5, 5.41) is 8.89. The lowest BCUT2D eigenvalue weighted by Gasteiger charge is -2.09. The molecule has 112 valence electrons. The number of hydrogen-bond acceptors (Lipinski definition) is 4. The Morgan fingerprint density at radius 1 is 1.38 bits per heavy atom. The summed E-state index contributed by atoms with van der Waals surface area (Å²) in [4.78, 5) is 11.7. The minimum Gasteiger partial charge on any atom is -0.354 e. The molecule has 0 radical (unpaired) electrons. The fraction of sp³-hybridized carbons (Fsp3) is 0.286. The molecule has 0 saturated heterocycles. The van der Waals surface area contributed by atoms with E-state index in [1.54, 1.807) is 19.2 Å². The molecule has 0 aliphatic carbocycles. The highest BCUT2D eigenvalue weighted by Crippen LogP contribution is 2.21. The highest BCUT2D eigenvalue weighted by atomic mass is 32.2. The van der Waals surface area contributed by atoms with Crippen LogP contribution in [-0.4, -0.2) is 33.4 Å². The number of carbonyl (C=O) groups is 1. The maximum atomic E-state index is 11.7. The third kappa shape index (κ3) is 4.42. The van der Waals surface area contributed by atoms with Gasteiger partial charge in [0.25, 0.3) is 0 Å². The number of hydrogen-bond donors (Lipinski definition) is 2. The first kappa shape index (κ1) is 15.2. The number of rotatable bonds is 5. The molecule has 0 saturated carbocycles. The monoisotopic (exact) mass is 307 g/mol. The largest absolute Gasteiger partial charge is 0.354 e. The van der Waals surface area contributed by atoms with Crippen molar-refractivity contribution in [2.75, 3.05) is 18.1 Å². The Labute approximate surface area is 125 Å². The van der Waals surface area contributed by atoms with Crippen LogP contribution in [0.1, 0.15) is 6.92 Å². The highest BCUT2D eigenvalue weighted by Gasteiger charge is 2.11. The topological polar surface area (TPSA) is 84.2 Å². The average molecular weight is 307 g/mol. The van der Waals surface area contributed by atoms with Crippen LogP contribution in [0.2, 0.25) is 0 Å². The molecule has 2 atom stereocenters. The molecular formula is C14H17N3O3S. The Morgan fingerprint density at radius 2 is 2.10 bits per heavy atom. The maximum absolute atomic E-state index is 11.7. The molecule has 21 heavy (non-hydrogen) atoms. The predicted molar refractivity (Wildman–Crippen MR) is 82.5 cm³/mol. The molecule has 2 aromatic rings. The zero-order chi connectivity index (χ0) is 15.2. The first-order valence-corrected chi connectivity index (χ1v) is 8.07. The zero-order valence-corrected chi connectivity index (χ0v) is 12.6. The van der Waals surface area contributed by atoms with E-state index in [1.165, 1.54) is 0 Å². The maximum Gasteiger partial charge on any atom is 0.320 e. The van der Waals surface area contributed by atoms with E-state index < -0.39 is 16.8 Å². The van der Waals surface area contributed by atoms with Gasteiger partial charge in [-0.2, -0.15) is 0 Å². The molecule has 2 amide bonds. The summed E-state index contributed by atoms with van der Waals surface area (Å²) < 4.78 is 16.4. The summed E-state index contributed by atoms with van der Waals surface area (Å²) in [5.41, 5.74) is 0.883. The van der Waals surface area contributed by atoms with E-state index in [9.17, 15) is 9.00 Å². The summed E-state index contributed by atoms with van der Waals surface area (Å²) in [5.74, 6) is 0.908. The van der Waals surface area contributed by atoms with Crippen molar-refractivity contribution in [1.82, 2.24) is 10.5 Å². The standard InChI is InChI=1S/C14H17N3O3S/c1-10(21(2)19)9-15-14(18)16-13-8-12(20-17-13)11-6-4-3-5-7-11/h3-8,10H,9H2,1-2H3,(H2,15,16,17,18)/t10-,21-/m0/s1. The third-order valence-corrected chi connectivity index (χ3v) is 4.23. The van der Waals surface area contributed by atoms with E-state index in [4.69, 9.17) is 4.52 Å². The molecule has 0 bridgehead atoms. The lowest BCUT2D eigenvalue weighted by molar-refractivity contribution is 0.252. The SMILES string of the molecule is C[C@@H](CNC(=O)Nc1cc(-c2ccccc2)on1)[S@](C)=O. The lowest BCUT2D eigenvalue weighted by atomic mass is 10.2. The van der Waals surface area contributed by atoms with E-state index in [2.05, 4.69) is 15.8 Å². The van der Waals surface area contributed by atoms with Crippen LogP contribution in [0.3, 0.4) is 0 Å². The van der Waals surface area contributed by atoms with Crippen molar-refractivity contribution < 1.29 is 13.5 Å². The third-order valence-electron chi connectivity index (χ3n) is 2.93. The zero-order valence-electron chi connectivity index (χ0n) is 11.8. The summed E-state index contributed by atoms with van der Waals surface area (Å²) in [6, 6.07) is 10.7. The molecule has 0 aliphatic rings.